The van der Waals surface area contributed by atoms with Gasteiger partial charge in [-0.15, -0.1) is 10.2 Å². The van der Waals surface area contributed by atoms with E-state index in [0.29, 0.717) is 17.2 Å². The quantitative estimate of drug-likeness (QED) is 0.761. The minimum Gasteiger partial charge on any atom is -0.396 e. The van der Waals surface area contributed by atoms with Crippen LogP contribution in [0.4, 0.5) is 11.4 Å². The van der Waals surface area contributed by atoms with Crippen molar-refractivity contribution in [3.8, 4) is 0 Å². The number of aromatic nitrogens is 2. The maximum atomic E-state index is 12.7. The number of hydrogen-bond acceptors (Lipinski definition) is 5. The van der Waals surface area contributed by atoms with Crippen LogP contribution in [0.5, 0.6) is 0 Å². The summed E-state index contributed by atoms with van der Waals surface area (Å²) in [5.74, 6) is -0.270. The molecule has 2 heterocycles. The van der Waals surface area contributed by atoms with Crippen molar-refractivity contribution in [3.05, 3.63) is 60.3 Å². The van der Waals surface area contributed by atoms with Crippen LogP contribution in [0, 0.1) is 0 Å². The van der Waals surface area contributed by atoms with Crippen LogP contribution < -0.4 is 16.0 Å². The number of benzene rings is 2. The van der Waals surface area contributed by atoms with Crippen LogP contribution in [-0.2, 0) is 0 Å². The molecule has 2 aromatic carbocycles. The predicted molar refractivity (Wildman–Crippen MR) is 103 cm³/mol. The fourth-order valence-electron chi connectivity index (χ4n) is 3.61. The van der Waals surface area contributed by atoms with Gasteiger partial charge in [-0.2, -0.15) is 0 Å². The number of nitrogens with zero attached hydrogens (tertiary/aromatic N) is 3. The molecule has 132 valence electrons. The summed E-state index contributed by atoms with van der Waals surface area (Å²) < 4.78 is 0. The molecular formula is C20H21N5O. The van der Waals surface area contributed by atoms with E-state index in [1.807, 2.05) is 42.5 Å². The van der Waals surface area contributed by atoms with Crippen molar-refractivity contribution in [2.24, 2.45) is 0 Å². The molecule has 2 atom stereocenters. The molecule has 6 heteroatoms. The molecule has 26 heavy (non-hydrogen) atoms. The van der Waals surface area contributed by atoms with Crippen LogP contribution in [0.25, 0.3) is 10.9 Å². The number of fused-ring (bicyclic) bond motifs is 1. The van der Waals surface area contributed by atoms with Crippen molar-refractivity contribution in [1.29, 1.82) is 0 Å². The second kappa shape index (κ2) is 6.63. The first-order valence-corrected chi connectivity index (χ1v) is 8.77. The topological polar surface area (TPSA) is 84.1 Å². The molecule has 0 aliphatic carbocycles. The Labute approximate surface area is 152 Å². The van der Waals surface area contributed by atoms with Gasteiger partial charge in [0.15, 0.2) is 5.69 Å². The number of rotatable bonds is 3. The normalized spacial score (nSPS) is 19.7. The number of hydrogen-bond donors (Lipinski definition) is 2. The molecular weight excluding hydrogens is 326 g/mol. The Hall–Kier alpha value is -3.15. The summed E-state index contributed by atoms with van der Waals surface area (Å²) in [6.07, 6.45) is 0.877. The summed E-state index contributed by atoms with van der Waals surface area (Å²) >= 11 is 0. The van der Waals surface area contributed by atoms with E-state index in [0.717, 1.165) is 18.4 Å². The Bertz CT molecular complexity index is 943. The first-order valence-electron chi connectivity index (χ1n) is 8.77. The van der Waals surface area contributed by atoms with Crippen LogP contribution in [0.1, 0.15) is 23.8 Å². The predicted octanol–water partition coefficient (Wildman–Crippen LogP) is 2.61. The molecule has 1 saturated heterocycles. The lowest BCUT2D eigenvalue weighted by molar-refractivity contribution is 0.0935. The molecule has 0 radical (unpaired) electrons. The average molecular weight is 347 g/mol. The molecule has 3 aromatic rings. The molecule has 6 nitrogen and oxygen atoms in total. The number of nitrogens with one attached hydrogen (secondary N) is 1. The van der Waals surface area contributed by atoms with E-state index in [2.05, 4.69) is 39.5 Å². The summed E-state index contributed by atoms with van der Waals surface area (Å²) in [4.78, 5) is 15.0. The third-order valence-corrected chi connectivity index (χ3v) is 4.92. The first kappa shape index (κ1) is 16.3. The smallest absolute Gasteiger partial charge is 0.274 e. The summed E-state index contributed by atoms with van der Waals surface area (Å²) in [5.41, 5.74) is 8.58. The second-order valence-electron chi connectivity index (χ2n) is 6.72. The minimum absolute atomic E-state index is 0.0466. The summed E-state index contributed by atoms with van der Waals surface area (Å²) in [6.45, 7) is 2.93. The Morgan fingerprint density at radius 2 is 1.85 bits per heavy atom. The fourth-order valence-corrected chi connectivity index (χ4v) is 3.61. The molecule has 3 N–H and O–H groups in total. The summed E-state index contributed by atoms with van der Waals surface area (Å²) in [6, 6.07) is 18.1. The van der Waals surface area contributed by atoms with E-state index in [9.17, 15) is 4.79 Å². The first-order chi connectivity index (χ1) is 12.6. The Kier molecular flexibility index (Phi) is 4.16. The van der Waals surface area contributed by atoms with E-state index in [-0.39, 0.29) is 17.6 Å². The van der Waals surface area contributed by atoms with Gasteiger partial charge >= 0.3 is 0 Å². The van der Waals surface area contributed by atoms with Crippen molar-refractivity contribution < 1.29 is 4.79 Å². The van der Waals surface area contributed by atoms with Gasteiger partial charge in [-0.1, -0.05) is 36.4 Å². The SMILES string of the molecule is C[C@@H]1C[C@H](NC(=O)c2nnc3ccccc3c2N)CN1c1ccccc1. The van der Waals surface area contributed by atoms with Crippen molar-refractivity contribution in [3.63, 3.8) is 0 Å². The van der Waals surface area contributed by atoms with Gasteiger partial charge in [-0.05, 0) is 31.5 Å². The number of carbonyl (C=O) groups excluding carboxylic acids is 1. The third kappa shape index (κ3) is 2.94. The monoisotopic (exact) mass is 347 g/mol. The zero-order chi connectivity index (χ0) is 18.1. The zero-order valence-electron chi connectivity index (χ0n) is 14.6. The highest BCUT2D eigenvalue weighted by molar-refractivity contribution is 6.04. The lowest BCUT2D eigenvalue weighted by Crippen LogP contribution is -2.38. The van der Waals surface area contributed by atoms with Gasteiger partial charge in [0.1, 0.15) is 0 Å². The van der Waals surface area contributed by atoms with Crippen LogP contribution in [0.15, 0.2) is 54.6 Å². The molecule has 0 bridgehead atoms. The van der Waals surface area contributed by atoms with E-state index < -0.39 is 0 Å². The summed E-state index contributed by atoms with van der Waals surface area (Å²) in [7, 11) is 0. The largest absolute Gasteiger partial charge is 0.396 e. The number of para-hydroxylation sites is 1. The highest BCUT2D eigenvalue weighted by Crippen LogP contribution is 2.26. The molecule has 0 unspecified atom stereocenters. The third-order valence-electron chi connectivity index (χ3n) is 4.92. The number of anilines is 2. The lowest BCUT2D eigenvalue weighted by atomic mass is 10.1. The molecule has 4 rings (SSSR count). The second-order valence-corrected chi connectivity index (χ2v) is 6.72. The maximum absolute atomic E-state index is 12.7. The highest BCUT2D eigenvalue weighted by atomic mass is 16.2. The minimum atomic E-state index is -0.270. The molecule has 0 spiro atoms. The van der Waals surface area contributed by atoms with Crippen molar-refractivity contribution in [2.75, 3.05) is 17.2 Å². The van der Waals surface area contributed by atoms with Crippen LogP contribution in [0.2, 0.25) is 0 Å². The maximum Gasteiger partial charge on any atom is 0.274 e. The van der Waals surface area contributed by atoms with E-state index in [1.165, 1.54) is 5.69 Å². The van der Waals surface area contributed by atoms with E-state index >= 15 is 0 Å². The molecule has 1 aromatic heterocycles. The Morgan fingerprint density at radius 3 is 2.65 bits per heavy atom. The fraction of sp³-hybridized carbons (Fsp3) is 0.250. The van der Waals surface area contributed by atoms with Gasteiger partial charge in [0.25, 0.3) is 5.91 Å². The van der Waals surface area contributed by atoms with Crippen LogP contribution >= 0.6 is 0 Å². The van der Waals surface area contributed by atoms with Crippen molar-refractivity contribution in [2.45, 2.75) is 25.4 Å². The Balaban J connectivity index is 1.51. The summed E-state index contributed by atoms with van der Waals surface area (Å²) in [5, 5.41) is 12.0. The average Bonchev–Trinajstić information content (AvgIpc) is 3.03. The molecule has 1 fully saturated rings. The Morgan fingerprint density at radius 1 is 1.12 bits per heavy atom. The van der Waals surface area contributed by atoms with Gasteiger partial charge in [0.05, 0.1) is 11.2 Å². The molecule has 1 amide bonds. The van der Waals surface area contributed by atoms with Gasteiger partial charge in [0.2, 0.25) is 0 Å². The van der Waals surface area contributed by atoms with Gasteiger partial charge < -0.3 is 16.0 Å². The zero-order valence-corrected chi connectivity index (χ0v) is 14.6. The standard InChI is InChI=1S/C20H21N5O/c1-13-11-14(12-25(13)15-7-3-2-4-8-15)22-20(26)19-18(21)16-9-5-6-10-17(16)23-24-19/h2-10,13-14H,11-12H2,1H3,(H2,21,23)(H,22,26)/t13-,14+/m1/s1. The van der Waals surface area contributed by atoms with E-state index in [1.54, 1.807) is 0 Å². The highest BCUT2D eigenvalue weighted by Gasteiger charge is 2.31. The number of amides is 1. The van der Waals surface area contributed by atoms with Gasteiger partial charge in [0, 0.05) is 29.7 Å². The molecule has 1 aliphatic rings. The lowest BCUT2D eigenvalue weighted by Gasteiger charge is -2.23. The van der Waals surface area contributed by atoms with E-state index in [4.69, 9.17) is 5.73 Å². The van der Waals surface area contributed by atoms with Crippen LogP contribution in [-0.4, -0.2) is 34.7 Å². The number of nitrogens with two attached hydrogens (primary N) is 1. The van der Waals surface area contributed by atoms with Crippen molar-refractivity contribution >= 4 is 28.2 Å². The van der Waals surface area contributed by atoms with Gasteiger partial charge in [-0.3, -0.25) is 4.79 Å². The molecule has 0 saturated carbocycles. The number of carbonyl (C=O) groups is 1. The van der Waals surface area contributed by atoms with Crippen molar-refractivity contribution in [1.82, 2.24) is 15.5 Å². The number of nitrogen functional groups attached to an aromatic ring is 1. The van der Waals surface area contributed by atoms with Crippen LogP contribution in [0.3, 0.4) is 0 Å². The molecule has 1 aliphatic heterocycles. The van der Waals surface area contributed by atoms with Gasteiger partial charge in [-0.25, -0.2) is 0 Å².